The second kappa shape index (κ2) is 7.93. The van der Waals surface area contributed by atoms with Gasteiger partial charge in [0.15, 0.2) is 0 Å². The van der Waals surface area contributed by atoms with Crippen molar-refractivity contribution in [2.24, 2.45) is 0 Å². The normalized spacial score (nSPS) is 12.1. The molecule has 1 aromatic heterocycles. The number of aryl methyl sites for hydroxylation is 1. The first-order valence-corrected chi connectivity index (χ1v) is 8.36. The Morgan fingerprint density at radius 1 is 1.36 bits per heavy atom. The number of hydrogen-bond donors (Lipinski definition) is 1. The SMILES string of the molecule is CCCC(C)NC(=O)CSc1nnnn1-c1ccc(C)cc1. The highest BCUT2D eigenvalue weighted by molar-refractivity contribution is 7.99. The first kappa shape index (κ1) is 16.5. The standard InChI is InChI=1S/C15H21N5OS/c1-4-5-12(3)16-14(21)10-22-15-17-18-19-20(15)13-8-6-11(2)7-9-13/h6-9,12H,4-5,10H2,1-3H3,(H,16,21). The molecule has 1 N–H and O–H groups in total. The monoisotopic (exact) mass is 319 g/mol. The maximum absolute atomic E-state index is 11.9. The van der Waals surface area contributed by atoms with Gasteiger partial charge in [0.25, 0.3) is 0 Å². The summed E-state index contributed by atoms with van der Waals surface area (Å²) in [5.41, 5.74) is 2.06. The number of rotatable bonds is 7. The van der Waals surface area contributed by atoms with Crippen LogP contribution >= 0.6 is 11.8 Å². The van der Waals surface area contributed by atoms with Crippen molar-refractivity contribution >= 4 is 17.7 Å². The van der Waals surface area contributed by atoms with Gasteiger partial charge in [-0.15, -0.1) is 5.10 Å². The van der Waals surface area contributed by atoms with Crippen molar-refractivity contribution in [1.82, 2.24) is 25.5 Å². The largest absolute Gasteiger partial charge is 0.353 e. The minimum absolute atomic E-state index is 0.00408. The van der Waals surface area contributed by atoms with Crippen LogP contribution in [0.1, 0.15) is 32.3 Å². The van der Waals surface area contributed by atoms with Crippen molar-refractivity contribution < 1.29 is 4.79 Å². The number of thioether (sulfide) groups is 1. The van der Waals surface area contributed by atoms with Crippen LogP contribution in [0.2, 0.25) is 0 Å². The van der Waals surface area contributed by atoms with Gasteiger partial charge in [-0.1, -0.05) is 42.8 Å². The molecule has 1 unspecified atom stereocenters. The molecule has 2 aromatic rings. The summed E-state index contributed by atoms with van der Waals surface area (Å²) in [5.74, 6) is 0.310. The van der Waals surface area contributed by atoms with Crippen molar-refractivity contribution in [2.75, 3.05) is 5.75 Å². The zero-order valence-corrected chi connectivity index (χ0v) is 13.9. The molecule has 1 atom stereocenters. The van der Waals surface area contributed by atoms with Crippen LogP contribution < -0.4 is 5.32 Å². The van der Waals surface area contributed by atoms with Crippen LogP contribution in [0.3, 0.4) is 0 Å². The van der Waals surface area contributed by atoms with Crippen LogP contribution in [0.4, 0.5) is 0 Å². The van der Waals surface area contributed by atoms with Gasteiger partial charge < -0.3 is 5.32 Å². The Hall–Kier alpha value is -1.89. The highest BCUT2D eigenvalue weighted by atomic mass is 32.2. The van der Waals surface area contributed by atoms with Gasteiger partial charge in [0, 0.05) is 6.04 Å². The summed E-state index contributed by atoms with van der Waals surface area (Å²) in [5, 5.41) is 15.3. The highest BCUT2D eigenvalue weighted by Crippen LogP contribution is 2.18. The predicted molar refractivity (Wildman–Crippen MR) is 87.1 cm³/mol. The van der Waals surface area contributed by atoms with Gasteiger partial charge in [-0.05, 0) is 42.8 Å². The zero-order valence-electron chi connectivity index (χ0n) is 13.1. The molecule has 0 saturated heterocycles. The van der Waals surface area contributed by atoms with Gasteiger partial charge >= 0.3 is 0 Å². The van der Waals surface area contributed by atoms with E-state index in [-0.39, 0.29) is 11.9 Å². The van der Waals surface area contributed by atoms with E-state index in [2.05, 4.69) is 27.8 Å². The number of tetrazole rings is 1. The maximum Gasteiger partial charge on any atom is 0.230 e. The summed E-state index contributed by atoms with van der Waals surface area (Å²) < 4.78 is 1.65. The number of nitrogens with one attached hydrogen (secondary N) is 1. The van der Waals surface area contributed by atoms with Crippen LogP contribution in [0, 0.1) is 6.92 Å². The molecular formula is C15H21N5OS. The Morgan fingerprint density at radius 3 is 2.77 bits per heavy atom. The third-order valence-electron chi connectivity index (χ3n) is 3.18. The van der Waals surface area contributed by atoms with Gasteiger partial charge in [-0.25, -0.2) is 0 Å². The van der Waals surface area contributed by atoms with Crippen molar-refractivity contribution in [3.8, 4) is 5.69 Å². The van der Waals surface area contributed by atoms with Crippen molar-refractivity contribution in [3.05, 3.63) is 29.8 Å². The summed E-state index contributed by atoms with van der Waals surface area (Å²) >= 11 is 1.34. The molecule has 0 spiro atoms. The number of hydrogen-bond acceptors (Lipinski definition) is 5. The Morgan fingerprint density at radius 2 is 2.09 bits per heavy atom. The Balaban J connectivity index is 1.96. The van der Waals surface area contributed by atoms with Gasteiger partial charge in [-0.3, -0.25) is 4.79 Å². The molecule has 1 heterocycles. The lowest BCUT2D eigenvalue weighted by atomic mass is 10.2. The van der Waals surface area contributed by atoms with Gasteiger partial charge in [0.1, 0.15) is 0 Å². The molecule has 1 aromatic carbocycles. The summed E-state index contributed by atoms with van der Waals surface area (Å²) in [6.45, 7) is 6.15. The van der Waals surface area contributed by atoms with Crippen LogP contribution in [0.15, 0.2) is 29.4 Å². The quantitative estimate of drug-likeness (QED) is 0.793. The van der Waals surface area contributed by atoms with Gasteiger partial charge in [-0.2, -0.15) is 4.68 Å². The molecular weight excluding hydrogens is 298 g/mol. The molecule has 0 aliphatic rings. The smallest absolute Gasteiger partial charge is 0.230 e. The lowest BCUT2D eigenvalue weighted by molar-refractivity contribution is -0.119. The van der Waals surface area contributed by atoms with E-state index >= 15 is 0 Å². The third-order valence-corrected chi connectivity index (χ3v) is 4.10. The molecule has 0 aliphatic carbocycles. The molecule has 6 nitrogen and oxygen atoms in total. The minimum atomic E-state index is 0.00408. The Kier molecular flexibility index (Phi) is 5.94. The van der Waals surface area contributed by atoms with Crippen LogP contribution in [0.25, 0.3) is 5.69 Å². The molecule has 22 heavy (non-hydrogen) atoms. The minimum Gasteiger partial charge on any atom is -0.353 e. The summed E-state index contributed by atoms with van der Waals surface area (Å²) in [7, 11) is 0. The molecule has 1 amide bonds. The predicted octanol–water partition coefficient (Wildman–Crippen LogP) is 2.37. The Labute approximate surface area is 134 Å². The van der Waals surface area contributed by atoms with Crippen molar-refractivity contribution in [2.45, 2.75) is 44.8 Å². The van der Waals surface area contributed by atoms with E-state index in [0.717, 1.165) is 18.5 Å². The number of carbonyl (C=O) groups excluding carboxylic acids is 1. The second-order valence-electron chi connectivity index (χ2n) is 5.25. The number of benzene rings is 1. The van der Waals surface area contributed by atoms with Crippen molar-refractivity contribution in [3.63, 3.8) is 0 Å². The zero-order chi connectivity index (χ0) is 15.9. The third kappa shape index (κ3) is 4.56. The maximum atomic E-state index is 11.9. The molecule has 0 bridgehead atoms. The van der Waals surface area contributed by atoms with Gasteiger partial charge in [0.05, 0.1) is 11.4 Å². The van der Waals surface area contributed by atoms with Crippen LogP contribution in [-0.2, 0) is 4.79 Å². The summed E-state index contributed by atoms with van der Waals surface area (Å²) in [4.78, 5) is 11.9. The van der Waals surface area contributed by atoms with E-state index in [4.69, 9.17) is 0 Å². The highest BCUT2D eigenvalue weighted by Gasteiger charge is 2.12. The van der Waals surface area contributed by atoms with E-state index in [9.17, 15) is 4.79 Å². The first-order chi connectivity index (χ1) is 10.6. The molecule has 0 aliphatic heterocycles. The number of amides is 1. The lowest BCUT2D eigenvalue weighted by Gasteiger charge is -2.12. The van der Waals surface area contributed by atoms with Gasteiger partial charge in [0.2, 0.25) is 11.1 Å². The Bertz CT molecular complexity index is 611. The van der Waals surface area contributed by atoms with E-state index in [1.165, 1.54) is 17.3 Å². The molecule has 0 radical (unpaired) electrons. The topological polar surface area (TPSA) is 72.7 Å². The number of nitrogens with zero attached hydrogens (tertiary/aromatic N) is 4. The van der Waals surface area contributed by atoms with E-state index in [0.29, 0.717) is 10.9 Å². The molecule has 7 heteroatoms. The number of aromatic nitrogens is 4. The fourth-order valence-electron chi connectivity index (χ4n) is 2.07. The van der Waals surface area contributed by atoms with E-state index in [1.54, 1.807) is 4.68 Å². The van der Waals surface area contributed by atoms with Crippen LogP contribution in [-0.4, -0.2) is 37.9 Å². The summed E-state index contributed by atoms with van der Waals surface area (Å²) in [6.07, 6.45) is 2.04. The lowest BCUT2D eigenvalue weighted by Crippen LogP contribution is -2.33. The second-order valence-corrected chi connectivity index (χ2v) is 6.20. The fraction of sp³-hybridized carbons (Fsp3) is 0.467. The molecule has 118 valence electrons. The molecule has 0 saturated carbocycles. The average Bonchev–Trinajstić information content (AvgIpc) is 2.94. The average molecular weight is 319 g/mol. The fourth-order valence-corrected chi connectivity index (χ4v) is 2.77. The first-order valence-electron chi connectivity index (χ1n) is 7.37. The molecule has 0 fully saturated rings. The summed E-state index contributed by atoms with van der Waals surface area (Å²) in [6, 6.07) is 8.12. The van der Waals surface area contributed by atoms with E-state index < -0.39 is 0 Å². The number of carbonyl (C=O) groups is 1. The van der Waals surface area contributed by atoms with E-state index in [1.807, 2.05) is 38.1 Å². The molecule has 2 rings (SSSR count). The van der Waals surface area contributed by atoms with Crippen LogP contribution in [0.5, 0.6) is 0 Å². The van der Waals surface area contributed by atoms with Crippen molar-refractivity contribution in [1.29, 1.82) is 0 Å².